The predicted octanol–water partition coefficient (Wildman–Crippen LogP) is 1.65. The molecule has 2 aliphatic rings. The summed E-state index contributed by atoms with van der Waals surface area (Å²) in [5.74, 6) is 0.119. The zero-order chi connectivity index (χ0) is 15.0. The van der Waals surface area contributed by atoms with Crippen molar-refractivity contribution >= 4 is 12.0 Å². The van der Waals surface area contributed by atoms with Crippen LogP contribution >= 0.6 is 0 Å². The van der Waals surface area contributed by atoms with E-state index >= 15 is 0 Å². The van der Waals surface area contributed by atoms with Crippen LogP contribution in [0.4, 0.5) is 4.79 Å². The minimum Gasteiger partial charge on any atom is -0.465 e. The van der Waals surface area contributed by atoms with Crippen LogP contribution in [0.15, 0.2) is 18.5 Å². The Balaban J connectivity index is 1.67. The van der Waals surface area contributed by atoms with Gasteiger partial charge in [0.25, 0.3) is 5.91 Å². The van der Waals surface area contributed by atoms with Crippen LogP contribution in [0.3, 0.4) is 0 Å². The topological polar surface area (TPSA) is 82.5 Å². The van der Waals surface area contributed by atoms with Crippen molar-refractivity contribution in [3.05, 3.63) is 29.6 Å². The highest BCUT2D eigenvalue weighted by Crippen LogP contribution is 2.38. The Labute approximate surface area is 123 Å². The quantitative estimate of drug-likeness (QED) is 0.867. The number of carbonyl (C=O) groups is 2. The average molecular weight is 289 g/mol. The number of aromatic nitrogens is 1. The second-order valence-electron chi connectivity index (χ2n) is 5.90. The van der Waals surface area contributed by atoms with Gasteiger partial charge in [-0.3, -0.25) is 9.78 Å². The first-order valence-corrected chi connectivity index (χ1v) is 7.28. The molecular weight excluding hydrogens is 270 g/mol. The van der Waals surface area contributed by atoms with Crippen molar-refractivity contribution in [3.8, 4) is 0 Å². The van der Waals surface area contributed by atoms with Gasteiger partial charge in [0.15, 0.2) is 0 Å². The van der Waals surface area contributed by atoms with Gasteiger partial charge in [-0.2, -0.15) is 0 Å². The number of rotatable bonds is 2. The normalized spacial score (nSPS) is 27.5. The van der Waals surface area contributed by atoms with Crippen molar-refractivity contribution in [3.63, 3.8) is 0 Å². The lowest BCUT2D eigenvalue weighted by Gasteiger charge is -2.22. The fraction of sp³-hybridized carbons (Fsp3) is 0.533. The second kappa shape index (κ2) is 5.35. The first-order chi connectivity index (χ1) is 10.1. The minimum atomic E-state index is -0.850. The van der Waals surface area contributed by atoms with Crippen LogP contribution in [0, 0.1) is 12.8 Å². The summed E-state index contributed by atoms with van der Waals surface area (Å²) in [5, 5.41) is 12.2. The van der Waals surface area contributed by atoms with E-state index < -0.39 is 6.09 Å². The highest BCUT2D eigenvalue weighted by atomic mass is 16.4. The summed E-state index contributed by atoms with van der Waals surface area (Å²) >= 11 is 0. The van der Waals surface area contributed by atoms with Crippen molar-refractivity contribution in [2.45, 2.75) is 38.3 Å². The third-order valence-electron chi connectivity index (χ3n) is 4.59. The van der Waals surface area contributed by atoms with E-state index in [1.165, 1.54) is 4.90 Å². The maximum Gasteiger partial charge on any atom is 0.407 e. The van der Waals surface area contributed by atoms with E-state index in [4.69, 9.17) is 5.11 Å². The van der Waals surface area contributed by atoms with E-state index in [0.717, 1.165) is 24.8 Å². The Bertz CT molecular complexity index is 575. The van der Waals surface area contributed by atoms with E-state index in [1.54, 1.807) is 12.4 Å². The number of hydrogen-bond acceptors (Lipinski definition) is 3. The number of likely N-dealkylation sites (tertiary alicyclic amines) is 1. The van der Waals surface area contributed by atoms with Crippen LogP contribution in [0.2, 0.25) is 0 Å². The zero-order valence-corrected chi connectivity index (χ0v) is 12.0. The molecule has 2 N–H and O–H groups in total. The summed E-state index contributed by atoms with van der Waals surface area (Å²) in [6.07, 6.45) is 4.92. The molecule has 1 aromatic heterocycles. The predicted molar refractivity (Wildman–Crippen MR) is 76.1 cm³/mol. The molecule has 0 bridgehead atoms. The van der Waals surface area contributed by atoms with Gasteiger partial charge in [0.05, 0.1) is 5.56 Å². The lowest BCUT2D eigenvalue weighted by Crippen LogP contribution is -2.40. The minimum absolute atomic E-state index is 0.0587. The van der Waals surface area contributed by atoms with Crippen LogP contribution < -0.4 is 5.32 Å². The summed E-state index contributed by atoms with van der Waals surface area (Å²) in [6.45, 7) is 2.47. The summed E-state index contributed by atoms with van der Waals surface area (Å²) in [6, 6.07) is 1.93. The number of fused-ring (bicyclic) bond motifs is 1. The van der Waals surface area contributed by atoms with E-state index in [9.17, 15) is 9.59 Å². The van der Waals surface area contributed by atoms with Gasteiger partial charge in [-0.15, -0.1) is 0 Å². The lowest BCUT2D eigenvalue weighted by atomic mass is 9.99. The average Bonchev–Trinajstić information content (AvgIpc) is 3.01. The summed E-state index contributed by atoms with van der Waals surface area (Å²) in [4.78, 5) is 29.0. The van der Waals surface area contributed by atoms with Gasteiger partial charge in [0.2, 0.25) is 0 Å². The Morgan fingerprint density at radius 1 is 1.33 bits per heavy atom. The van der Waals surface area contributed by atoms with Crippen LogP contribution in [0.5, 0.6) is 0 Å². The van der Waals surface area contributed by atoms with Crippen molar-refractivity contribution in [2.24, 2.45) is 5.92 Å². The van der Waals surface area contributed by atoms with Gasteiger partial charge in [0, 0.05) is 36.9 Å². The molecule has 6 nitrogen and oxygen atoms in total. The number of pyridine rings is 1. The maximum atomic E-state index is 12.3. The maximum absolute atomic E-state index is 12.3. The molecule has 6 heteroatoms. The van der Waals surface area contributed by atoms with Gasteiger partial charge in [-0.25, -0.2) is 4.79 Å². The second-order valence-corrected chi connectivity index (χ2v) is 5.90. The smallest absolute Gasteiger partial charge is 0.407 e. The molecule has 3 rings (SSSR count). The molecule has 21 heavy (non-hydrogen) atoms. The van der Waals surface area contributed by atoms with E-state index in [-0.39, 0.29) is 23.9 Å². The van der Waals surface area contributed by atoms with Crippen LogP contribution in [0.1, 0.15) is 35.2 Å². The molecule has 1 aromatic rings. The number of nitrogens with zero attached hydrogens (tertiary/aromatic N) is 2. The molecule has 2 amide bonds. The van der Waals surface area contributed by atoms with Crippen LogP contribution in [-0.2, 0) is 0 Å². The summed E-state index contributed by atoms with van der Waals surface area (Å²) < 4.78 is 0. The van der Waals surface area contributed by atoms with Gasteiger partial charge in [0.1, 0.15) is 0 Å². The molecule has 0 radical (unpaired) electrons. The Morgan fingerprint density at radius 3 is 2.86 bits per heavy atom. The van der Waals surface area contributed by atoms with Crippen molar-refractivity contribution in [1.82, 2.24) is 15.2 Å². The third kappa shape index (κ3) is 2.57. The van der Waals surface area contributed by atoms with Gasteiger partial charge in [-0.05, 0) is 37.8 Å². The monoisotopic (exact) mass is 289 g/mol. The van der Waals surface area contributed by atoms with Crippen molar-refractivity contribution in [2.75, 3.05) is 6.54 Å². The number of nitrogens with one attached hydrogen (secondary N) is 1. The summed E-state index contributed by atoms with van der Waals surface area (Å²) in [7, 11) is 0. The molecule has 3 atom stereocenters. The Kier molecular flexibility index (Phi) is 3.53. The number of carbonyl (C=O) groups excluding carboxylic acids is 1. The fourth-order valence-electron chi connectivity index (χ4n) is 3.63. The van der Waals surface area contributed by atoms with Gasteiger partial charge < -0.3 is 15.3 Å². The van der Waals surface area contributed by atoms with Crippen molar-refractivity contribution < 1.29 is 14.7 Å². The third-order valence-corrected chi connectivity index (χ3v) is 4.59. The number of amides is 2. The van der Waals surface area contributed by atoms with E-state index in [2.05, 4.69) is 10.3 Å². The number of carboxylic acid groups (broad SMARTS) is 1. The Morgan fingerprint density at radius 2 is 2.14 bits per heavy atom. The highest BCUT2D eigenvalue weighted by molar-refractivity contribution is 5.94. The molecule has 0 aromatic carbocycles. The van der Waals surface area contributed by atoms with E-state index in [0.29, 0.717) is 12.1 Å². The molecule has 1 saturated heterocycles. The van der Waals surface area contributed by atoms with Crippen molar-refractivity contribution in [1.29, 1.82) is 0 Å². The largest absolute Gasteiger partial charge is 0.465 e. The molecule has 2 heterocycles. The lowest BCUT2D eigenvalue weighted by molar-refractivity contribution is 0.0926. The molecule has 0 spiro atoms. The van der Waals surface area contributed by atoms with Gasteiger partial charge >= 0.3 is 6.09 Å². The summed E-state index contributed by atoms with van der Waals surface area (Å²) in [5.41, 5.74) is 1.51. The molecule has 1 saturated carbocycles. The standard InChI is InChI=1S/C15H19N3O3/c1-9-6-10(8-16-7-9)14(19)17-12-2-3-13-11(12)4-5-18(13)15(20)21/h6-8,11-13H,2-5H2,1H3,(H,17,19)(H,20,21). The number of aryl methyl sites for hydroxylation is 1. The molecule has 3 unspecified atom stereocenters. The molecule has 1 aliphatic heterocycles. The molecule has 1 aliphatic carbocycles. The van der Waals surface area contributed by atoms with E-state index in [1.807, 2.05) is 13.0 Å². The number of hydrogen-bond donors (Lipinski definition) is 2. The molecule has 2 fully saturated rings. The molecule has 112 valence electrons. The van der Waals surface area contributed by atoms with Gasteiger partial charge in [-0.1, -0.05) is 0 Å². The SMILES string of the molecule is Cc1cncc(C(=O)NC2CCC3C2CCN3C(=O)O)c1. The highest BCUT2D eigenvalue weighted by Gasteiger charge is 2.46. The first-order valence-electron chi connectivity index (χ1n) is 7.28. The van der Waals surface area contributed by atoms with Crippen LogP contribution in [0.25, 0.3) is 0 Å². The van der Waals surface area contributed by atoms with Crippen LogP contribution in [-0.4, -0.2) is 45.6 Å². The first kappa shape index (κ1) is 13.9. The molecular formula is C15H19N3O3. The zero-order valence-electron chi connectivity index (χ0n) is 12.0. The Hall–Kier alpha value is -2.11. The fourth-order valence-corrected chi connectivity index (χ4v) is 3.63.